The Morgan fingerprint density at radius 2 is 2.26 bits per heavy atom. The van der Waals surface area contributed by atoms with Gasteiger partial charge in [0.1, 0.15) is 0 Å². The van der Waals surface area contributed by atoms with E-state index in [4.69, 9.17) is 4.74 Å². The number of hydrogen-bond acceptors (Lipinski definition) is 3. The molecule has 0 aliphatic heterocycles. The van der Waals surface area contributed by atoms with Crippen molar-refractivity contribution >= 4 is 5.91 Å². The molecule has 1 amide bonds. The van der Waals surface area contributed by atoms with Crippen LogP contribution in [0.1, 0.15) is 30.1 Å². The second-order valence-corrected chi connectivity index (χ2v) is 5.16. The monoisotopic (exact) mass is 267 g/mol. The number of nitrogens with one attached hydrogen (secondary N) is 1. The van der Waals surface area contributed by atoms with Gasteiger partial charge in [-0.1, -0.05) is 0 Å². The van der Waals surface area contributed by atoms with Gasteiger partial charge in [-0.2, -0.15) is 0 Å². The van der Waals surface area contributed by atoms with E-state index < -0.39 is 17.3 Å². The van der Waals surface area contributed by atoms with Gasteiger partial charge in [-0.15, -0.1) is 0 Å². The molecule has 1 aromatic rings. The van der Waals surface area contributed by atoms with Crippen molar-refractivity contribution in [2.75, 3.05) is 13.7 Å². The van der Waals surface area contributed by atoms with Gasteiger partial charge < -0.3 is 15.2 Å². The van der Waals surface area contributed by atoms with Crippen LogP contribution in [-0.2, 0) is 0 Å². The van der Waals surface area contributed by atoms with Gasteiger partial charge in [-0.25, -0.2) is 4.39 Å². The molecule has 0 saturated heterocycles. The maximum atomic E-state index is 13.5. The maximum absolute atomic E-state index is 13.5. The summed E-state index contributed by atoms with van der Waals surface area (Å²) in [5.41, 5.74) is -0.675. The molecule has 5 heteroatoms. The summed E-state index contributed by atoms with van der Waals surface area (Å²) in [6, 6.07) is 4.02. The molecular formula is C14H18FNO3. The first-order valence-corrected chi connectivity index (χ1v) is 6.28. The van der Waals surface area contributed by atoms with Crippen molar-refractivity contribution in [3.63, 3.8) is 0 Å². The molecule has 2 rings (SSSR count). The Bertz CT molecular complexity index is 484. The summed E-state index contributed by atoms with van der Waals surface area (Å²) in [7, 11) is 1.37. The van der Waals surface area contributed by atoms with E-state index in [0.29, 0.717) is 0 Å². The largest absolute Gasteiger partial charge is 0.494 e. The minimum absolute atomic E-state index is 0.0986. The van der Waals surface area contributed by atoms with Crippen LogP contribution in [0.25, 0.3) is 0 Å². The molecule has 0 heterocycles. The van der Waals surface area contributed by atoms with Crippen LogP contribution >= 0.6 is 0 Å². The van der Waals surface area contributed by atoms with Crippen molar-refractivity contribution in [2.24, 2.45) is 5.92 Å². The summed E-state index contributed by atoms with van der Waals surface area (Å²) in [5, 5.41) is 12.7. The summed E-state index contributed by atoms with van der Waals surface area (Å²) >= 11 is 0. The lowest BCUT2D eigenvalue weighted by Gasteiger charge is -2.23. The first kappa shape index (κ1) is 13.8. The molecule has 1 aliphatic rings. The number of methoxy groups -OCH3 is 1. The number of rotatable bonds is 5. The third-order valence-electron chi connectivity index (χ3n) is 3.48. The Morgan fingerprint density at radius 1 is 1.58 bits per heavy atom. The number of benzene rings is 1. The molecule has 19 heavy (non-hydrogen) atoms. The maximum Gasteiger partial charge on any atom is 0.251 e. The normalized spacial score (nSPS) is 17.7. The predicted octanol–water partition coefficient (Wildman–Crippen LogP) is 1.73. The Morgan fingerprint density at radius 3 is 2.79 bits per heavy atom. The summed E-state index contributed by atoms with van der Waals surface area (Å²) < 4.78 is 18.3. The molecule has 1 aromatic carbocycles. The van der Waals surface area contributed by atoms with Gasteiger partial charge in [0.15, 0.2) is 11.6 Å². The Hall–Kier alpha value is -1.62. The number of halogens is 1. The van der Waals surface area contributed by atoms with Gasteiger partial charge in [0.05, 0.1) is 12.7 Å². The fourth-order valence-electron chi connectivity index (χ4n) is 2.02. The number of amides is 1. The third-order valence-corrected chi connectivity index (χ3v) is 3.48. The molecule has 1 atom stereocenters. The van der Waals surface area contributed by atoms with Crippen LogP contribution < -0.4 is 10.1 Å². The molecule has 1 saturated carbocycles. The zero-order chi connectivity index (χ0) is 14.0. The number of aliphatic hydroxyl groups is 1. The SMILES string of the molecule is COc1ccc(C(=O)NC[C@](C)(O)C2CC2)cc1F. The van der Waals surface area contributed by atoms with Crippen LogP contribution in [0.5, 0.6) is 5.75 Å². The number of carbonyl (C=O) groups excluding carboxylic acids is 1. The van der Waals surface area contributed by atoms with Crippen LogP contribution in [0.15, 0.2) is 18.2 Å². The topological polar surface area (TPSA) is 58.6 Å². The van der Waals surface area contributed by atoms with Gasteiger partial charge in [0, 0.05) is 12.1 Å². The minimum Gasteiger partial charge on any atom is -0.494 e. The summed E-state index contributed by atoms with van der Waals surface area (Å²) in [5.74, 6) is -0.631. The zero-order valence-corrected chi connectivity index (χ0v) is 11.1. The van der Waals surface area contributed by atoms with Crippen molar-refractivity contribution in [1.29, 1.82) is 0 Å². The number of carbonyl (C=O) groups is 1. The highest BCUT2D eigenvalue weighted by molar-refractivity contribution is 5.94. The van der Waals surface area contributed by atoms with Crippen molar-refractivity contribution in [3.05, 3.63) is 29.6 Å². The van der Waals surface area contributed by atoms with Crippen LogP contribution in [0.3, 0.4) is 0 Å². The van der Waals surface area contributed by atoms with Crippen LogP contribution in [0.2, 0.25) is 0 Å². The molecule has 0 radical (unpaired) electrons. The standard InChI is InChI=1S/C14H18FNO3/c1-14(18,10-4-5-10)8-16-13(17)9-3-6-12(19-2)11(15)7-9/h3,6-7,10,18H,4-5,8H2,1-2H3,(H,16,17)/t14-/m0/s1. The minimum atomic E-state index is -0.888. The van der Waals surface area contributed by atoms with Crippen LogP contribution in [0, 0.1) is 11.7 Å². The van der Waals surface area contributed by atoms with Gasteiger partial charge in [-0.3, -0.25) is 4.79 Å². The molecular weight excluding hydrogens is 249 g/mol. The smallest absolute Gasteiger partial charge is 0.251 e. The van der Waals surface area contributed by atoms with Gasteiger partial charge in [-0.05, 0) is 43.9 Å². The molecule has 0 bridgehead atoms. The van der Waals surface area contributed by atoms with Crippen molar-refractivity contribution in [1.82, 2.24) is 5.32 Å². The lowest BCUT2D eigenvalue weighted by Crippen LogP contribution is -2.42. The fourth-order valence-corrected chi connectivity index (χ4v) is 2.02. The molecule has 0 unspecified atom stereocenters. The van der Waals surface area contributed by atoms with E-state index in [1.54, 1.807) is 6.92 Å². The third kappa shape index (κ3) is 3.23. The summed E-state index contributed by atoms with van der Waals surface area (Å²) in [6.07, 6.45) is 1.97. The fraction of sp³-hybridized carbons (Fsp3) is 0.500. The molecule has 2 N–H and O–H groups in total. The van der Waals surface area contributed by atoms with Crippen LogP contribution in [-0.4, -0.2) is 30.3 Å². The molecule has 4 nitrogen and oxygen atoms in total. The second kappa shape index (κ2) is 5.17. The van der Waals surface area contributed by atoms with E-state index in [2.05, 4.69) is 5.32 Å². The number of ether oxygens (including phenoxy) is 1. The molecule has 1 aliphatic carbocycles. The molecule has 104 valence electrons. The number of hydrogen-bond donors (Lipinski definition) is 2. The highest BCUT2D eigenvalue weighted by atomic mass is 19.1. The van der Waals surface area contributed by atoms with E-state index in [-0.39, 0.29) is 23.8 Å². The Labute approximate surface area is 111 Å². The van der Waals surface area contributed by atoms with E-state index in [0.717, 1.165) is 18.9 Å². The van der Waals surface area contributed by atoms with Crippen LogP contribution in [0.4, 0.5) is 4.39 Å². The quantitative estimate of drug-likeness (QED) is 0.854. The average molecular weight is 267 g/mol. The first-order chi connectivity index (χ1) is 8.94. The summed E-state index contributed by atoms with van der Waals surface area (Å²) in [6.45, 7) is 1.88. The molecule has 1 fully saturated rings. The molecule has 0 spiro atoms. The lowest BCUT2D eigenvalue weighted by molar-refractivity contribution is 0.0354. The van der Waals surface area contributed by atoms with E-state index in [1.165, 1.54) is 19.2 Å². The van der Waals surface area contributed by atoms with Gasteiger partial charge >= 0.3 is 0 Å². The Kier molecular flexibility index (Phi) is 3.75. The van der Waals surface area contributed by atoms with Crippen molar-refractivity contribution < 1.29 is 19.0 Å². The van der Waals surface area contributed by atoms with E-state index in [1.807, 2.05) is 0 Å². The van der Waals surface area contributed by atoms with Crippen molar-refractivity contribution in [3.8, 4) is 5.75 Å². The lowest BCUT2D eigenvalue weighted by atomic mass is 10.0. The van der Waals surface area contributed by atoms with Crippen molar-refractivity contribution in [2.45, 2.75) is 25.4 Å². The second-order valence-electron chi connectivity index (χ2n) is 5.16. The highest BCUT2D eigenvalue weighted by Crippen LogP contribution is 2.39. The average Bonchev–Trinajstić information content (AvgIpc) is 3.20. The molecule has 0 aromatic heterocycles. The zero-order valence-electron chi connectivity index (χ0n) is 11.1. The predicted molar refractivity (Wildman–Crippen MR) is 68.6 cm³/mol. The Balaban J connectivity index is 1.98. The highest BCUT2D eigenvalue weighted by Gasteiger charge is 2.39. The van der Waals surface area contributed by atoms with E-state index in [9.17, 15) is 14.3 Å². The van der Waals surface area contributed by atoms with Gasteiger partial charge in [0.2, 0.25) is 0 Å². The van der Waals surface area contributed by atoms with Gasteiger partial charge in [0.25, 0.3) is 5.91 Å². The first-order valence-electron chi connectivity index (χ1n) is 6.28. The summed E-state index contributed by atoms with van der Waals surface area (Å²) in [4.78, 5) is 11.9. The van der Waals surface area contributed by atoms with E-state index >= 15 is 0 Å².